The number of carbonyl (C=O) groups excluding carboxylic acids is 1. The lowest BCUT2D eigenvalue weighted by Gasteiger charge is -2.40. The summed E-state index contributed by atoms with van der Waals surface area (Å²) in [4.78, 5) is 20.9. The zero-order chi connectivity index (χ0) is 14.5. The topological polar surface area (TPSA) is 54.9 Å². The van der Waals surface area contributed by atoms with Gasteiger partial charge in [0.15, 0.2) is 0 Å². The first kappa shape index (κ1) is 13.7. The quantitative estimate of drug-likeness (QED) is 0.914. The van der Waals surface area contributed by atoms with Crippen LogP contribution in [0.5, 0.6) is 0 Å². The van der Waals surface area contributed by atoms with Crippen LogP contribution in [0.1, 0.15) is 30.5 Å². The van der Waals surface area contributed by atoms with Crippen molar-refractivity contribution in [2.45, 2.75) is 31.1 Å². The molecule has 1 aliphatic carbocycles. The Labute approximate surface area is 124 Å². The van der Waals surface area contributed by atoms with Gasteiger partial charge in [0, 0.05) is 37.3 Å². The molecule has 0 unspecified atom stereocenters. The first-order valence-corrected chi connectivity index (χ1v) is 7.40. The van der Waals surface area contributed by atoms with E-state index in [9.17, 15) is 4.79 Å². The van der Waals surface area contributed by atoms with Crippen molar-refractivity contribution >= 4 is 5.91 Å². The van der Waals surface area contributed by atoms with Crippen LogP contribution in [0.3, 0.4) is 0 Å². The highest BCUT2D eigenvalue weighted by atomic mass is 16.2. The lowest BCUT2D eigenvalue weighted by Crippen LogP contribution is -2.49. The second kappa shape index (κ2) is 6.04. The number of amides is 1. The van der Waals surface area contributed by atoms with Crippen LogP contribution >= 0.6 is 0 Å². The average molecular weight is 281 g/mol. The highest BCUT2D eigenvalue weighted by molar-refractivity contribution is 5.89. The van der Waals surface area contributed by atoms with Gasteiger partial charge < -0.3 is 5.32 Å². The number of hydrogen-bond donors (Lipinski definition) is 1. The first-order valence-electron chi connectivity index (χ1n) is 7.40. The predicted molar refractivity (Wildman–Crippen MR) is 80.7 cm³/mol. The Kier molecular flexibility index (Phi) is 3.95. The molecule has 1 fully saturated rings. The summed E-state index contributed by atoms with van der Waals surface area (Å²) in [6, 6.07) is 9.76. The van der Waals surface area contributed by atoms with Crippen LogP contribution in [0.4, 0.5) is 0 Å². The van der Waals surface area contributed by atoms with Gasteiger partial charge >= 0.3 is 0 Å². The minimum Gasteiger partial charge on any atom is -0.355 e. The maximum absolute atomic E-state index is 12.6. The van der Waals surface area contributed by atoms with Crippen LogP contribution in [-0.4, -0.2) is 22.4 Å². The average Bonchev–Trinajstić information content (AvgIpc) is 2.48. The predicted octanol–water partition coefficient (Wildman–Crippen LogP) is 2.26. The van der Waals surface area contributed by atoms with E-state index in [0.29, 0.717) is 6.54 Å². The molecule has 1 aliphatic rings. The first-order chi connectivity index (χ1) is 10.3. The second-order valence-corrected chi connectivity index (χ2v) is 5.50. The van der Waals surface area contributed by atoms with Crippen molar-refractivity contribution in [2.75, 3.05) is 6.54 Å². The van der Waals surface area contributed by atoms with Gasteiger partial charge in [0.05, 0.1) is 5.41 Å². The number of nitrogens with one attached hydrogen (secondary N) is 1. The Morgan fingerprint density at radius 3 is 2.57 bits per heavy atom. The maximum Gasteiger partial charge on any atom is 0.230 e. The largest absolute Gasteiger partial charge is 0.355 e. The number of aromatic nitrogens is 2. The molecule has 0 saturated heterocycles. The van der Waals surface area contributed by atoms with Gasteiger partial charge in [-0.15, -0.1) is 0 Å². The molecule has 4 heteroatoms. The zero-order valence-corrected chi connectivity index (χ0v) is 12.0. The summed E-state index contributed by atoms with van der Waals surface area (Å²) in [5.74, 6) is 0.135. The number of hydrogen-bond acceptors (Lipinski definition) is 3. The molecular weight excluding hydrogens is 262 g/mol. The molecule has 1 amide bonds. The smallest absolute Gasteiger partial charge is 0.230 e. The van der Waals surface area contributed by atoms with Crippen molar-refractivity contribution in [3.63, 3.8) is 0 Å². The van der Waals surface area contributed by atoms with Crippen LogP contribution in [-0.2, 0) is 16.6 Å². The van der Waals surface area contributed by atoms with Gasteiger partial charge in [0.25, 0.3) is 0 Å². The van der Waals surface area contributed by atoms with Crippen LogP contribution in [0.2, 0.25) is 0 Å². The van der Waals surface area contributed by atoms with Gasteiger partial charge in [-0.05, 0) is 42.7 Å². The van der Waals surface area contributed by atoms with Crippen LogP contribution in [0, 0.1) is 0 Å². The van der Waals surface area contributed by atoms with E-state index in [1.807, 2.05) is 30.3 Å². The van der Waals surface area contributed by atoms with Crippen molar-refractivity contribution < 1.29 is 4.79 Å². The molecular formula is C17H19N3O. The number of carbonyl (C=O) groups is 1. The molecule has 1 N–H and O–H groups in total. The van der Waals surface area contributed by atoms with Gasteiger partial charge in [-0.1, -0.05) is 12.5 Å². The standard InChI is InChI=1S/C17H19N3O/c21-16(20-13-7-15-4-1-2-10-19-15)17(8-3-9-17)14-5-11-18-12-6-14/h1-2,4-6,10-12H,3,7-9,13H2,(H,20,21). The van der Waals surface area contributed by atoms with E-state index in [1.54, 1.807) is 18.6 Å². The summed E-state index contributed by atoms with van der Waals surface area (Å²) in [5.41, 5.74) is 1.75. The highest BCUT2D eigenvalue weighted by Gasteiger charge is 2.45. The summed E-state index contributed by atoms with van der Waals surface area (Å²) < 4.78 is 0. The van der Waals surface area contributed by atoms with Crippen LogP contribution < -0.4 is 5.32 Å². The molecule has 0 radical (unpaired) electrons. The van der Waals surface area contributed by atoms with Gasteiger partial charge in [-0.3, -0.25) is 14.8 Å². The molecule has 0 aromatic carbocycles. The second-order valence-electron chi connectivity index (χ2n) is 5.50. The minimum absolute atomic E-state index is 0.135. The third-order valence-corrected chi connectivity index (χ3v) is 4.27. The molecule has 2 aromatic heterocycles. The summed E-state index contributed by atoms with van der Waals surface area (Å²) in [7, 11) is 0. The number of nitrogens with zero attached hydrogens (tertiary/aromatic N) is 2. The van der Waals surface area contributed by atoms with Gasteiger partial charge in [-0.2, -0.15) is 0 Å². The lowest BCUT2D eigenvalue weighted by atomic mass is 9.64. The zero-order valence-electron chi connectivity index (χ0n) is 12.0. The highest BCUT2D eigenvalue weighted by Crippen LogP contribution is 2.43. The molecule has 0 spiro atoms. The third-order valence-electron chi connectivity index (χ3n) is 4.27. The van der Waals surface area contributed by atoms with Crippen molar-refractivity contribution in [3.05, 3.63) is 60.2 Å². The molecule has 2 heterocycles. The fourth-order valence-corrected chi connectivity index (χ4v) is 2.87. The Hall–Kier alpha value is -2.23. The van der Waals surface area contributed by atoms with E-state index in [0.717, 1.165) is 36.9 Å². The van der Waals surface area contributed by atoms with Crippen molar-refractivity contribution in [1.29, 1.82) is 0 Å². The summed E-state index contributed by atoms with van der Waals surface area (Å²) in [6.07, 6.45) is 9.02. The van der Waals surface area contributed by atoms with Crippen molar-refractivity contribution in [3.8, 4) is 0 Å². The Morgan fingerprint density at radius 1 is 1.14 bits per heavy atom. The molecule has 3 rings (SSSR count). The molecule has 1 saturated carbocycles. The van der Waals surface area contributed by atoms with E-state index in [-0.39, 0.29) is 11.3 Å². The molecule has 21 heavy (non-hydrogen) atoms. The van der Waals surface area contributed by atoms with E-state index in [2.05, 4.69) is 15.3 Å². The SMILES string of the molecule is O=C(NCCc1ccccn1)C1(c2ccncc2)CCC1. The number of rotatable bonds is 5. The third kappa shape index (κ3) is 2.79. The van der Waals surface area contributed by atoms with Crippen molar-refractivity contribution in [2.24, 2.45) is 0 Å². The normalized spacial score (nSPS) is 16.0. The van der Waals surface area contributed by atoms with E-state index >= 15 is 0 Å². The fraction of sp³-hybridized carbons (Fsp3) is 0.353. The maximum atomic E-state index is 12.6. The van der Waals surface area contributed by atoms with Gasteiger partial charge in [-0.25, -0.2) is 0 Å². The monoisotopic (exact) mass is 281 g/mol. The van der Waals surface area contributed by atoms with Crippen molar-refractivity contribution in [1.82, 2.24) is 15.3 Å². The Balaban J connectivity index is 1.62. The minimum atomic E-state index is -0.340. The lowest BCUT2D eigenvalue weighted by molar-refractivity contribution is -0.129. The Morgan fingerprint density at radius 2 is 1.95 bits per heavy atom. The van der Waals surface area contributed by atoms with Gasteiger partial charge in [0.1, 0.15) is 0 Å². The fourth-order valence-electron chi connectivity index (χ4n) is 2.87. The van der Waals surface area contributed by atoms with E-state index < -0.39 is 0 Å². The molecule has 0 aliphatic heterocycles. The molecule has 2 aromatic rings. The molecule has 4 nitrogen and oxygen atoms in total. The molecule has 0 atom stereocenters. The van der Waals surface area contributed by atoms with Gasteiger partial charge in [0.2, 0.25) is 5.91 Å². The van der Waals surface area contributed by atoms with E-state index in [1.165, 1.54) is 0 Å². The molecule has 108 valence electrons. The van der Waals surface area contributed by atoms with Crippen LogP contribution in [0.15, 0.2) is 48.9 Å². The number of pyridine rings is 2. The Bertz CT molecular complexity index is 594. The summed E-state index contributed by atoms with van der Waals surface area (Å²) in [5, 5.41) is 3.07. The van der Waals surface area contributed by atoms with E-state index in [4.69, 9.17) is 0 Å². The molecule has 0 bridgehead atoms. The summed E-state index contributed by atoms with van der Waals surface area (Å²) >= 11 is 0. The van der Waals surface area contributed by atoms with Crippen LogP contribution in [0.25, 0.3) is 0 Å². The summed E-state index contributed by atoms with van der Waals surface area (Å²) in [6.45, 7) is 0.628.